The zero-order valence-corrected chi connectivity index (χ0v) is 13.0. The molecular formula is C14H18ClN3OS. The first kappa shape index (κ1) is 15.4. The molecule has 1 aromatic heterocycles. The highest BCUT2D eigenvalue weighted by Crippen LogP contribution is 2.25. The molecule has 0 saturated carbocycles. The number of nitrogens with zero attached hydrogens (tertiary/aromatic N) is 2. The summed E-state index contributed by atoms with van der Waals surface area (Å²) in [4.78, 5) is 5.53. The molecule has 4 nitrogen and oxygen atoms in total. The third-order valence-corrected chi connectivity index (χ3v) is 4.14. The van der Waals surface area contributed by atoms with Crippen LogP contribution in [0, 0.1) is 0 Å². The maximum atomic E-state index is 5.95. The van der Waals surface area contributed by atoms with Crippen LogP contribution in [-0.2, 0) is 5.75 Å². The minimum atomic E-state index is 0.260. The fourth-order valence-electron chi connectivity index (χ4n) is 1.78. The number of rotatable bonds is 7. The number of halogens is 1. The molecule has 0 fully saturated rings. The van der Waals surface area contributed by atoms with Crippen molar-refractivity contribution in [2.75, 3.05) is 6.54 Å². The lowest BCUT2D eigenvalue weighted by Gasteiger charge is -2.03. The van der Waals surface area contributed by atoms with Gasteiger partial charge < -0.3 is 10.3 Å². The Kier molecular flexibility index (Phi) is 5.88. The van der Waals surface area contributed by atoms with E-state index in [2.05, 4.69) is 17.1 Å². The predicted molar refractivity (Wildman–Crippen MR) is 82.0 cm³/mol. The molecular weight excluding hydrogens is 294 g/mol. The molecule has 2 aromatic rings. The quantitative estimate of drug-likeness (QED) is 0.787. The lowest BCUT2D eigenvalue weighted by atomic mass is 10.1. The van der Waals surface area contributed by atoms with E-state index in [1.54, 1.807) is 11.8 Å². The van der Waals surface area contributed by atoms with Gasteiger partial charge in [0.15, 0.2) is 5.82 Å². The molecule has 0 radical (unpaired) electrons. The Balaban J connectivity index is 1.89. The first-order chi connectivity index (χ1) is 9.69. The van der Waals surface area contributed by atoms with Crippen molar-refractivity contribution in [3.05, 3.63) is 41.0 Å². The van der Waals surface area contributed by atoms with E-state index in [1.807, 2.05) is 24.3 Å². The van der Waals surface area contributed by atoms with Crippen LogP contribution in [0.3, 0.4) is 0 Å². The van der Waals surface area contributed by atoms with Gasteiger partial charge in [0.25, 0.3) is 0 Å². The molecule has 0 aliphatic rings. The second-order valence-electron chi connectivity index (χ2n) is 4.63. The van der Waals surface area contributed by atoms with E-state index in [1.165, 1.54) is 0 Å². The molecule has 20 heavy (non-hydrogen) atoms. The molecule has 1 heterocycles. The number of hydrogen-bond donors (Lipinski definition) is 1. The SMILES string of the molecule is CC(CCCN)c1nc(CSc2cccc(Cl)c2)no1. The molecule has 108 valence electrons. The summed E-state index contributed by atoms with van der Waals surface area (Å²) >= 11 is 7.59. The number of aromatic nitrogens is 2. The van der Waals surface area contributed by atoms with Crippen LogP contribution in [0.2, 0.25) is 5.02 Å². The van der Waals surface area contributed by atoms with Crippen molar-refractivity contribution in [2.45, 2.75) is 36.3 Å². The second-order valence-corrected chi connectivity index (χ2v) is 6.11. The summed E-state index contributed by atoms with van der Waals surface area (Å²) in [5.74, 6) is 2.34. The highest BCUT2D eigenvalue weighted by Gasteiger charge is 2.13. The van der Waals surface area contributed by atoms with Crippen LogP contribution >= 0.6 is 23.4 Å². The molecule has 1 atom stereocenters. The Labute approximate surface area is 128 Å². The van der Waals surface area contributed by atoms with Gasteiger partial charge in [0.2, 0.25) is 5.89 Å². The van der Waals surface area contributed by atoms with Gasteiger partial charge in [0, 0.05) is 15.8 Å². The Morgan fingerprint density at radius 1 is 1.45 bits per heavy atom. The monoisotopic (exact) mass is 311 g/mol. The zero-order valence-electron chi connectivity index (χ0n) is 11.4. The van der Waals surface area contributed by atoms with E-state index in [-0.39, 0.29) is 5.92 Å². The van der Waals surface area contributed by atoms with Gasteiger partial charge >= 0.3 is 0 Å². The van der Waals surface area contributed by atoms with Gasteiger partial charge in [-0.1, -0.05) is 29.7 Å². The minimum absolute atomic E-state index is 0.260. The minimum Gasteiger partial charge on any atom is -0.339 e. The van der Waals surface area contributed by atoms with Crippen LogP contribution in [0.4, 0.5) is 0 Å². The average Bonchev–Trinajstić information content (AvgIpc) is 2.91. The molecule has 0 amide bonds. The summed E-state index contributed by atoms with van der Waals surface area (Å²) in [6, 6.07) is 7.73. The van der Waals surface area contributed by atoms with Gasteiger partial charge in [-0.05, 0) is 37.6 Å². The lowest BCUT2D eigenvalue weighted by Crippen LogP contribution is -2.02. The number of benzene rings is 1. The topological polar surface area (TPSA) is 64.9 Å². The van der Waals surface area contributed by atoms with Gasteiger partial charge in [0.05, 0.1) is 5.75 Å². The van der Waals surface area contributed by atoms with Crippen molar-refractivity contribution in [1.82, 2.24) is 10.1 Å². The normalized spacial score (nSPS) is 12.6. The standard InChI is InChI=1S/C14H18ClN3OS/c1-10(4-3-7-16)14-17-13(18-19-14)9-20-12-6-2-5-11(15)8-12/h2,5-6,8,10H,3-4,7,9,16H2,1H3. The summed E-state index contributed by atoms with van der Waals surface area (Å²) in [7, 11) is 0. The molecule has 0 aliphatic heterocycles. The van der Waals surface area contributed by atoms with Crippen molar-refractivity contribution >= 4 is 23.4 Å². The third-order valence-electron chi connectivity index (χ3n) is 2.91. The van der Waals surface area contributed by atoms with E-state index in [4.69, 9.17) is 21.9 Å². The Morgan fingerprint density at radius 3 is 3.05 bits per heavy atom. The van der Waals surface area contributed by atoms with Crippen molar-refractivity contribution in [2.24, 2.45) is 5.73 Å². The highest BCUT2D eigenvalue weighted by atomic mass is 35.5. The maximum absolute atomic E-state index is 5.95. The van der Waals surface area contributed by atoms with Gasteiger partial charge in [-0.2, -0.15) is 4.98 Å². The molecule has 2 N–H and O–H groups in total. The van der Waals surface area contributed by atoms with E-state index in [0.717, 1.165) is 22.8 Å². The lowest BCUT2D eigenvalue weighted by molar-refractivity contribution is 0.349. The second kappa shape index (κ2) is 7.67. The predicted octanol–water partition coefficient (Wildman–Crippen LogP) is 3.86. The van der Waals surface area contributed by atoms with E-state index in [0.29, 0.717) is 24.0 Å². The molecule has 0 bridgehead atoms. The van der Waals surface area contributed by atoms with Crippen LogP contribution < -0.4 is 5.73 Å². The zero-order chi connectivity index (χ0) is 14.4. The van der Waals surface area contributed by atoms with Gasteiger partial charge in [-0.15, -0.1) is 11.8 Å². The number of nitrogens with two attached hydrogens (primary N) is 1. The van der Waals surface area contributed by atoms with Crippen LogP contribution in [0.1, 0.15) is 37.4 Å². The van der Waals surface area contributed by atoms with E-state index >= 15 is 0 Å². The summed E-state index contributed by atoms with van der Waals surface area (Å²) < 4.78 is 5.29. The molecule has 2 rings (SSSR count). The maximum Gasteiger partial charge on any atom is 0.229 e. The van der Waals surface area contributed by atoms with Crippen LogP contribution in [0.15, 0.2) is 33.7 Å². The van der Waals surface area contributed by atoms with E-state index < -0.39 is 0 Å². The van der Waals surface area contributed by atoms with Gasteiger partial charge in [0.1, 0.15) is 0 Å². The fourth-order valence-corrected chi connectivity index (χ4v) is 2.83. The first-order valence-electron chi connectivity index (χ1n) is 6.60. The van der Waals surface area contributed by atoms with Crippen LogP contribution in [-0.4, -0.2) is 16.7 Å². The van der Waals surface area contributed by atoms with Crippen molar-refractivity contribution < 1.29 is 4.52 Å². The van der Waals surface area contributed by atoms with Crippen molar-refractivity contribution in [3.63, 3.8) is 0 Å². The third kappa shape index (κ3) is 4.51. The van der Waals surface area contributed by atoms with Crippen molar-refractivity contribution in [1.29, 1.82) is 0 Å². The average molecular weight is 312 g/mol. The summed E-state index contributed by atoms with van der Waals surface area (Å²) in [6.45, 7) is 2.77. The molecule has 1 aromatic carbocycles. The number of hydrogen-bond acceptors (Lipinski definition) is 5. The smallest absolute Gasteiger partial charge is 0.229 e. The first-order valence-corrected chi connectivity index (χ1v) is 7.96. The molecule has 0 saturated heterocycles. The van der Waals surface area contributed by atoms with Crippen LogP contribution in [0.25, 0.3) is 0 Å². The van der Waals surface area contributed by atoms with E-state index in [9.17, 15) is 0 Å². The largest absolute Gasteiger partial charge is 0.339 e. The number of thioether (sulfide) groups is 1. The van der Waals surface area contributed by atoms with Crippen LogP contribution in [0.5, 0.6) is 0 Å². The highest BCUT2D eigenvalue weighted by molar-refractivity contribution is 7.98. The molecule has 6 heteroatoms. The van der Waals surface area contributed by atoms with Gasteiger partial charge in [-0.25, -0.2) is 0 Å². The molecule has 0 aliphatic carbocycles. The van der Waals surface area contributed by atoms with Gasteiger partial charge in [-0.3, -0.25) is 0 Å². The summed E-state index contributed by atoms with van der Waals surface area (Å²) in [5.41, 5.74) is 5.50. The Morgan fingerprint density at radius 2 is 2.30 bits per heavy atom. The summed E-state index contributed by atoms with van der Waals surface area (Å²) in [5, 5.41) is 4.75. The fraction of sp³-hybridized carbons (Fsp3) is 0.429. The summed E-state index contributed by atoms with van der Waals surface area (Å²) in [6.07, 6.45) is 1.94. The molecule has 1 unspecified atom stereocenters. The van der Waals surface area contributed by atoms with Crippen molar-refractivity contribution in [3.8, 4) is 0 Å². The Hall–Kier alpha value is -1.04. The molecule has 0 spiro atoms. The Bertz CT molecular complexity index is 547.